The number of nitrogens with zero attached hydrogens (tertiary/aromatic N) is 2. The summed E-state index contributed by atoms with van der Waals surface area (Å²) in [6, 6.07) is 16.1. The zero-order valence-corrected chi connectivity index (χ0v) is 29.2. The quantitative estimate of drug-likeness (QED) is 0.203. The summed E-state index contributed by atoms with van der Waals surface area (Å²) in [6.45, 7) is 6.06. The van der Waals surface area contributed by atoms with Crippen LogP contribution < -0.4 is 20.7 Å². The van der Waals surface area contributed by atoms with Crippen LogP contribution in [0.5, 0.6) is 5.75 Å². The molecule has 1 aliphatic heterocycles. The molecule has 0 unspecified atom stereocenters. The van der Waals surface area contributed by atoms with Gasteiger partial charge in [0.2, 0.25) is 0 Å². The van der Waals surface area contributed by atoms with Gasteiger partial charge in [0.25, 0.3) is 5.91 Å². The number of fused-ring (bicyclic) bond motifs is 1. The van der Waals surface area contributed by atoms with Crippen molar-refractivity contribution in [3.05, 3.63) is 83.9 Å². The molecule has 0 saturated heterocycles. The Balaban J connectivity index is 1.56. The van der Waals surface area contributed by atoms with E-state index in [4.69, 9.17) is 9.47 Å². The molecule has 1 aliphatic rings. The maximum absolute atomic E-state index is 14.3. The smallest absolute Gasteiger partial charge is 0.416 e. The summed E-state index contributed by atoms with van der Waals surface area (Å²) in [6.07, 6.45) is -3.03. The molecule has 0 saturated carbocycles. The summed E-state index contributed by atoms with van der Waals surface area (Å²) >= 11 is 0. The van der Waals surface area contributed by atoms with Gasteiger partial charge in [-0.3, -0.25) is 4.79 Å². The summed E-state index contributed by atoms with van der Waals surface area (Å²) < 4.78 is 51.4. The van der Waals surface area contributed by atoms with E-state index in [2.05, 4.69) is 16.0 Å². The molecule has 3 aromatic rings. The Morgan fingerprint density at radius 3 is 2.27 bits per heavy atom. The zero-order valence-electron chi connectivity index (χ0n) is 29.2. The Morgan fingerprint density at radius 1 is 0.961 bits per heavy atom. The van der Waals surface area contributed by atoms with Gasteiger partial charge in [-0.2, -0.15) is 13.2 Å². The monoisotopic (exact) mass is 713 g/mol. The fraction of sp³-hybridized carbons (Fsp3) is 0.432. The van der Waals surface area contributed by atoms with Gasteiger partial charge in [0.1, 0.15) is 5.75 Å². The third-order valence-corrected chi connectivity index (χ3v) is 8.61. The largest absolute Gasteiger partial charge is 0.490 e. The Kier molecular flexibility index (Phi) is 13.7. The second kappa shape index (κ2) is 17.9. The van der Waals surface area contributed by atoms with Gasteiger partial charge in [-0.15, -0.1) is 0 Å². The molecule has 1 heterocycles. The predicted molar refractivity (Wildman–Crippen MR) is 189 cm³/mol. The zero-order chi connectivity index (χ0) is 37.1. The summed E-state index contributed by atoms with van der Waals surface area (Å²) in [5.74, 6) is -0.438. The number of para-hydroxylation sites is 1. The van der Waals surface area contributed by atoms with E-state index in [0.717, 1.165) is 37.1 Å². The topological polar surface area (TPSA) is 132 Å². The first-order valence-electron chi connectivity index (χ1n) is 16.9. The van der Waals surface area contributed by atoms with Crippen molar-refractivity contribution in [2.75, 3.05) is 49.3 Å². The van der Waals surface area contributed by atoms with Crippen LogP contribution in [0.2, 0.25) is 0 Å². The van der Waals surface area contributed by atoms with Crippen LogP contribution in [0, 0.1) is 5.92 Å². The van der Waals surface area contributed by atoms with Crippen LogP contribution in [0.25, 0.3) is 0 Å². The Bertz CT molecular complexity index is 1610. The number of anilines is 3. The first kappa shape index (κ1) is 39.0. The van der Waals surface area contributed by atoms with Crippen LogP contribution in [0.15, 0.2) is 72.8 Å². The number of nitrogens with one attached hydrogen (secondary N) is 3. The first-order chi connectivity index (χ1) is 24.2. The molecular formula is C37H46F3N5O6. The van der Waals surface area contributed by atoms with E-state index in [1.165, 1.54) is 15.9 Å². The number of likely N-dealkylation sites (N-methyl/N-ethyl adjacent to an activating group) is 1. The van der Waals surface area contributed by atoms with Crippen LogP contribution in [0.1, 0.15) is 56.0 Å². The number of aliphatic hydroxyl groups is 1. The second-order valence-electron chi connectivity index (χ2n) is 12.8. The van der Waals surface area contributed by atoms with Gasteiger partial charge in [0.05, 0.1) is 36.0 Å². The maximum Gasteiger partial charge on any atom is 0.416 e. The highest BCUT2D eigenvalue weighted by Crippen LogP contribution is 2.31. The van der Waals surface area contributed by atoms with Gasteiger partial charge >= 0.3 is 18.2 Å². The number of ether oxygens (including phenoxy) is 2. The van der Waals surface area contributed by atoms with Gasteiger partial charge in [-0.1, -0.05) is 25.1 Å². The van der Waals surface area contributed by atoms with Crippen LogP contribution >= 0.6 is 0 Å². The van der Waals surface area contributed by atoms with E-state index in [9.17, 15) is 32.7 Å². The Labute approximate surface area is 296 Å². The molecule has 11 nitrogen and oxygen atoms in total. The number of carbonyl (C=O) groups is 3. The molecule has 4 rings (SSSR count). The van der Waals surface area contributed by atoms with Crippen molar-refractivity contribution >= 4 is 35.0 Å². The van der Waals surface area contributed by atoms with E-state index < -0.39 is 35.8 Å². The number of aliphatic hydroxyl groups excluding tert-OH is 1. The lowest BCUT2D eigenvalue weighted by Crippen LogP contribution is -2.48. The minimum absolute atomic E-state index is 0.143. The molecule has 0 aliphatic carbocycles. The van der Waals surface area contributed by atoms with Crippen LogP contribution in [0.3, 0.4) is 0 Å². The number of urea groups is 2. The number of amides is 5. The molecule has 0 bridgehead atoms. The lowest BCUT2D eigenvalue weighted by molar-refractivity contribution is -0.137. The van der Waals surface area contributed by atoms with Crippen molar-refractivity contribution in [1.29, 1.82) is 0 Å². The van der Waals surface area contributed by atoms with Crippen molar-refractivity contribution in [1.82, 2.24) is 9.80 Å². The van der Waals surface area contributed by atoms with Crippen molar-refractivity contribution in [3.8, 4) is 5.75 Å². The number of hydrogen-bond acceptors (Lipinski definition) is 6. The third-order valence-electron chi connectivity index (χ3n) is 8.61. The lowest BCUT2D eigenvalue weighted by Gasteiger charge is -2.35. The van der Waals surface area contributed by atoms with Crippen LogP contribution in [-0.2, 0) is 10.9 Å². The second-order valence-corrected chi connectivity index (χ2v) is 12.8. The molecule has 0 radical (unpaired) electrons. The molecule has 0 fully saturated rings. The maximum atomic E-state index is 14.3. The van der Waals surface area contributed by atoms with Crippen LogP contribution in [0.4, 0.5) is 39.8 Å². The van der Waals surface area contributed by atoms with Crippen molar-refractivity contribution in [3.63, 3.8) is 0 Å². The number of halogens is 3. The normalized spacial score (nSPS) is 19.5. The summed E-state index contributed by atoms with van der Waals surface area (Å²) in [7, 11) is 1.68. The van der Waals surface area contributed by atoms with E-state index in [1.807, 2.05) is 32.0 Å². The number of benzene rings is 3. The molecule has 0 aromatic heterocycles. The fourth-order valence-corrected chi connectivity index (χ4v) is 5.59. The van der Waals surface area contributed by atoms with E-state index in [0.29, 0.717) is 24.5 Å². The van der Waals surface area contributed by atoms with E-state index in [-0.39, 0.29) is 54.7 Å². The minimum Gasteiger partial charge on any atom is -0.490 e. The van der Waals surface area contributed by atoms with Crippen molar-refractivity contribution in [2.24, 2.45) is 5.92 Å². The summed E-state index contributed by atoms with van der Waals surface area (Å²) in [5.41, 5.74) is 0.339. The number of carbonyl (C=O) groups excluding carboxylic acids is 3. The molecule has 276 valence electrons. The minimum atomic E-state index is -4.51. The summed E-state index contributed by atoms with van der Waals surface area (Å²) in [5, 5.41) is 18.2. The number of rotatable bonds is 7. The van der Waals surface area contributed by atoms with Crippen molar-refractivity contribution < 1.29 is 42.1 Å². The lowest BCUT2D eigenvalue weighted by atomic mass is 10.0. The fourth-order valence-electron chi connectivity index (χ4n) is 5.59. The molecular weight excluding hydrogens is 667 g/mol. The summed E-state index contributed by atoms with van der Waals surface area (Å²) in [4.78, 5) is 43.3. The van der Waals surface area contributed by atoms with Crippen LogP contribution in [-0.4, -0.2) is 84.5 Å². The highest BCUT2D eigenvalue weighted by Gasteiger charge is 2.32. The Hall–Kier alpha value is -4.82. The van der Waals surface area contributed by atoms with E-state index in [1.54, 1.807) is 38.2 Å². The highest BCUT2D eigenvalue weighted by molar-refractivity contribution is 6.02. The molecule has 0 spiro atoms. The SMILES string of the molecule is C[C@H]1CCCCO[C@@H](CN(C)C(=O)Nc2ccccc2)[C@@H](C)CN([C@@H](C)CO)C(=O)c2cc(NC(=O)Nc3ccc(C(F)(F)F)cc3)ccc2O1. The Morgan fingerprint density at radius 2 is 1.61 bits per heavy atom. The van der Waals surface area contributed by atoms with Gasteiger partial charge < -0.3 is 40.3 Å². The standard InChI is InChI=1S/C37H46F3N5O6/c1-24-21-45(25(2)23-46)34(47)31-20-30(42-35(48)41-29-15-13-27(14-16-29)37(38,39)40)17-18-32(31)51-26(3)10-8-9-19-50-33(24)22-44(4)36(49)43-28-11-6-5-7-12-28/h5-7,11-18,20,24-26,33,46H,8-10,19,21-23H2,1-4H3,(H,43,49)(H2,41,42,48)/t24-,25-,26-,33-/m0/s1. The average molecular weight is 714 g/mol. The third kappa shape index (κ3) is 11.3. The average Bonchev–Trinajstić information content (AvgIpc) is 3.09. The molecule has 3 aromatic carbocycles. The van der Waals surface area contributed by atoms with Crippen molar-refractivity contribution in [2.45, 2.75) is 64.5 Å². The molecule has 4 N–H and O–H groups in total. The molecule has 14 heteroatoms. The predicted octanol–water partition coefficient (Wildman–Crippen LogP) is 7.31. The van der Waals surface area contributed by atoms with E-state index >= 15 is 0 Å². The number of hydrogen-bond donors (Lipinski definition) is 4. The highest BCUT2D eigenvalue weighted by atomic mass is 19.4. The van der Waals surface area contributed by atoms with Gasteiger partial charge in [-0.25, -0.2) is 9.59 Å². The van der Waals surface area contributed by atoms with Gasteiger partial charge in [0, 0.05) is 49.7 Å². The molecule has 5 amide bonds. The first-order valence-corrected chi connectivity index (χ1v) is 16.9. The molecule has 51 heavy (non-hydrogen) atoms. The molecule has 4 atom stereocenters. The van der Waals surface area contributed by atoms with Gasteiger partial charge in [0.15, 0.2) is 0 Å². The number of alkyl halides is 3. The van der Waals surface area contributed by atoms with Gasteiger partial charge in [-0.05, 0) is 87.7 Å².